The molecule has 1 amide bonds. The number of ether oxygens (including phenoxy) is 2. The monoisotopic (exact) mass is 363 g/mol. The lowest BCUT2D eigenvalue weighted by atomic mass is 10.00. The molecule has 0 saturated heterocycles. The van der Waals surface area contributed by atoms with Crippen molar-refractivity contribution in [2.45, 2.75) is 24.8 Å². The maximum absolute atomic E-state index is 12.8. The Balaban J connectivity index is 1.33. The number of nitrogens with one attached hydrogen (secondary N) is 1. The van der Waals surface area contributed by atoms with Crippen molar-refractivity contribution in [1.29, 1.82) is 0 Å². The highest BCUT2D eigenvalue weighted by Crippen LogP contribution is 2.49. The van der Waals surface area contributed by atoms with Gasteiger partial charge in [0.2, 0.25) is 12.7 Å². The molecule has 27 heavy (non-hydrogen) atoms. The number of amides is 1. The van der Waals surface area contributed by atoms with E-state index in [2.05, 4.69) is 15.5 Å². The van der Waals surface area contributed by atoms with E-state index in [0.717, 1.165) is 24.0 Å². The number of benzene rings is 1. The first-order valence-corrected chi connectivity index (χ1v) is 8.79. The van der Waals surface area contributed by atoms with Crippen LogP contribution in [0.2, 0.25) is 0 Å². The average molecular weight is 363 g/mol. The Labute approximate surface area is 155 Å². The second kappa shape index (κ2) is 6.12. The minimum absolute atomic E-state index is 0.0307. The van der Waals surface area contributed by atoms with Crippen LogP contribution in [0, 0.1) is 0 Å². The van der Waals surface area contributed by atoms with E-state index in [1.165, 1.54) is 0 Å². The largest absolute Gasteiger partial charge is 0.454 e. The van der Waals surface area contributed by atoms with E-state index in [9.17, 15) is 4.79 Å². The van der Waals surface area contributed by atoms with Crippen molar-refractivity contribution in [2.75, 3.05) is 6.79 Å². The summed E-state index contributed by atoms with van der Waals surface area (Å²) in [6, 6.07) is 11.2. The van der Waals surface area contributed by atoms with Crippen LogP contribution in [0.3, 0.4) is 0 Å². The fourth-order valence-electron chi connectivity index (χ4n) is 3.27. The predicted molar refractivity (Wildman–Crippen MR) is 95.1 cm³/mol. The van der Waals surface area contributed by atoms with Gasteiger partial charge in [0.1, 0.15) is 0 Å². The first-order valence-electron chi connectivity index (χ1n) is 8.79. The van der Waals surface area contributed by atoms with Crippen LogP contribution >= 0.6 is 0 Å². The predicted octanol–water partition coefficient (Wildman–Crippen LogP) is 2.81. The summed E-state index contributed by atoms with van der Waals surface area (Å²) in [5.74, 6) is 1.97. The molecule has 1 aliphatic carbocycles. The summed E-state index contributed by atoms with van der Waals surface area (Å²) in [4.78, 5) is 16.8. The SMILES string of the molecule is O=C(NCc1cccnc1)C1(c2cc(-c3ccc4c(c3)OCO4)on2)CC1. The first kappa shape index (κ1) is 15.9. The molecule has 5 rings (SSSR count). The van der Waals surface area contributed by atoms with Crippen LogP contribution in [0.5, 0.6) is 11.5 Å². The molecule has 2 aliphatic rings. The molecule has 136 valence electrons. The third kappa shape index (κ3) is 2.81. The summed E-state index contributed by atoms with van der Waals surface area (Å²) in [6.45, 7) is 0.669. The number of aromatic nitrogens is 2. The maximum atomic E-state index is 12.8. The molecule has 1 fully saturated rings. The van der Waals surface area contributed by atoms with Crippen LogP contribution < -0.4 is 14.8 Å². The lowest BCUT2D eigenvalue weighted by Crippen LogP contribution is -2.34. The Bertz CT molecular complexity index is 995. The highest BCUT2D eigenvalue weighted by atomic mass is 16.7. The maximum Gasteiger partial charge on any atom is 0.232 e. The summed E-state index contributed by atoms with van der Waals surface area (Å²) in [5, 5.41) is 7.16. The van der Waals surface area contributed by atoms with E-state index in [1.54, 1.807) is 12.4 Å². The lowest BCUT2D eigenvalue weighted by Gasteiger charge is -2.12. The first-order chi connectivity index (χ1) is 13.2. The molecule has 2 aromatic heterocycles. The molecule has 1 N–H and O–H groups in total. The minimum Gasteiger partial charge on any atom is -0.454 e. The summed E-state index contributed by atoms with van der Waals surface area (Å²) in [6.07, 6.45) is 4.98. The van der Waals surface area contributed by atoms with Crippen molar-refractivity contribution in [3.8, 4) is 22.8 Å². The van der Waals surface area contributed by atoms with Gasteiger partial charge in [-0.05, 0) is 42.7 Å². The fraction of sp³-hybridized carbons (Fsp3) is 0.250. The Morgan fingerprint density at radius 2 is 2.04 bits per heavy atom. The highest BCUT2D eigenvalue weighted by molar-refractivity contribution is 5.91. The minimum atomic E-state index is -0.597. The van der Waals surface area contributed by atoms with Crippen molar-refractivity contribution in [3.05, 3.63) is 60.0 Å². The van der Waals surface area contributed by atoms with Crippen LogP contribution in [0.25, 0.3) is 11.3 Å². The Hall–Kier alpha value is -3.35. The molecule has 7 heteroatoms. The Morgan fingerprint density at radius 1 is 1.15 bits per heavy atom. The standard InChI is InChI=1S/C20H17N3O4/c24-19(22-11-13-2-1-7-21-10-13)20(5-6-20)18-9-16(27-23-18)14-3-4-15-17(8-14)26-12-25-15/h1-4,7-10H,5-6,11-12H2,(H,22,24). The van der Waals surface area contributed by atoms with Gasteiger partial charge in [-0.3, -0.25) is 9.78 Å². The molecular weight excluding hydrogens is 346 g/mol. The van der Waals surface area contributed by atoms with Crippen molar-refractivity contribution in [1.82, 2.24) is 15.5 Å². The van der Waals surface area contributed by atoms with Gasteiger partial charge in [-0.1, -0.05) is 11.2 Å². The van der Waals surface area contributed by atoms with Crippen LogP contribution in [0.4, 0.5) is 0 Å². The van der Waals surface area contributed by atoms with E-state index in [0.29, 0.717) is 29.5 Å². The van der Waals surface area contributed by atoms with Crippen molar-refractivity contribution >= 4 is 5.91 Å². The second-order valence-corrected chi connectivity index (χ2v) is 6.77. The fourth-order valence-corrected chi connectivity index (χ4v) is 3.27. The molecule has 0 radical (unpaired) electrons. The molecule has 3 aromatic rings. The van der Waals surface area contributed by atoms with E-state index in [1.807, 2.05) is 36.4 Å². The summed E-state index contributed by atoms with van der Waals surface area (Å²) in [5.41, 5.74) is 1.87. The van der Waals surface area contributed by atoms with Crippen molar-refractivity contribution < 1.29 is 18.8 Å². The van der Waals surface area contributed by atoms with Gasteiger partial charge < -0.3 is 19.3 Å². The number of fused-ring (bicyclic) bond motifs is 1. The molecule has 7 nitrogen and oxygen atoms in total. The van der Waals surface area contributed by atoms with Crippen LogP contribution in [-0.2, 0) is 16.8 Å². The molecule has 1 aliphatic heterocycles. The van der Waals surface area contributed by atoms with Crippen molar-refractivity contribution in [2.24, 2.45) is 0 Å². The van der Waals surface area contributed by atoms with E-state index in [-0.39, 0.29) is 12.7 Å². The molecule has 0 unspecified atom stereocenters. The van der Waals surface area contributed by atoms with Gasteiger partial charge in [-0.25, -0.2) is 0 Å². The van der Waals surface area contributed by atoms with Crippen LogP contribution in [-0.4, -0.2) is 22.8 Å². The topological polar surface area (TPSA) is 86.5 Å². The zero-order valence-electron chi connectivity index (χ0n) is 14.5. The van der Waals surface area contributed by atoms with Gasteiger partial charge >= 0.3 is 0 Å². The molecule has 0 atom stereocenters. The lowest BCUT2D eigenvalue weighted by molar-refractivity contribution is -0.123. The van der Waals surface area contributed by atoms with Gasteiger partial charge in [-0.2, -0.15) is 0 Å². The van der Waals surface area contributed by atoms with Crippen LogP contribution in [0.1, 0.15) is 24.1 Å². The number of nitrogens with zero attached hydrogens (tertiary/aromatic N) is 2. The average Bonchev–Trinajstić information content (AvgIpc) is 3.15. The number of rotatable bonds is 5. The smallest absolute Gasteiger partial charge is 0.232 e. The third-order valence-electron chi connectivity index (χ3n) is 5.02. The molecule has 3 heterocycles. The third-order valence-corrected chi connectivity index (χ3v) is 5.02. The van der Waals surface area contributed by atoms with E-state index >= 15 is 0 Å². The zero-order valence-corrected chi connectivity index (χ0v) is 14.5. The molecule has 0 bridgehead atoms. The van der Waals surface area contributed by atoms with Gasteiger partial charge in [-0.15, -0.1) is 0 Å². The van der Waals surface area contributed by atoms with Gasteiger partial charge in [0.25, 0.3) is 0 Å². The van der Waals surface area contributed by atoms with E-state index in [4.69, 9.17) is 14.0 Å². The number of carbonyl (C=O) groups excluding carboxylic acids is 1. The molecular formula is C20H17N3O4. The van der Waals surface area contributed by atoms with E-state index < -0.39 is 5.41 Å². The zero-order chi connectivity index (χ0) is 18.3. The summed E-state index contributed by atoms with van der Waals surface area (Å²) >= 11 is 0. The Morgan fingerprint density at radius 3 is 2.85 bits per heavy atom. The normalized spacial score (nSPS) is 16.1. The molecule has 1 saturated carbocycles. The van der Waals surface area contributed by atoms with Crippen molar-refractivity contribution in [3.63, 3.8) is 0 Å². The number of carbonyl (C=O) groups is 1. The molecule has 0 spiro atoms. The van der Waals surface area contributed by atoms with Gasteiger partial charge in [0.05, 0.1) is 11.1 Å². The number of hydrogen-bond donors (Lipinski definition) is 1. The van der Waals surface area contributed by atoms with Crippen LogP contribution in [0.15, 0.2) is 53.3 Å². The van der Waals surface area contributed by atoms with Gasteiger partial charge in [0, 0.05) is 30.6 Å². The molecule has 1 aromatic carbocycles. The Kier molecular flexibility index (Phi) is 3.60. The second-order valence-electron chi connectivity index (χ2n) is 6.77. The van der Waals surface area contributed by atoms with Gasteiger partial charge in [0.15, 0.2) is 17.3 Å². The number of pyridine rings is 1. The highest BCUT2D eigenvalue weighted by Gasteiger charge is 2.53. The summed E-state index contributed by atoms with van der Waals surface area (Å²) in [7, 11) is 0. The summed E-state index contributed by atoms with van der Waals surface area (Å²) < 4.78 is 16.2. The number of hydrogen-bond acceptors (Lipinski definition) is 6. The quantitative estimate of drug-likeness (QED) is 0.750.